The van der Waals surface area contributed by atoms with E-state index in [2.05, 4.69) is 9.98 Å². The minimum atomic E-state index is -0.329. The van der Waals surface area contributed by atoms with Crippen LogP contribution >= 0.6 is 0 Å². The third kappa shape index (κ3) is 3.58. The van der Waals surface area contributed by atoms with E-state index in [1.807, 2.05) is 6.07 Å². The standard InChI is InChI=1S/C18H13F2N3/c19-15-8-10-16(11-9-15)22-13-14-5-4-12-21-18(14)23(20)17-6-2-1-3-7-17/h1-13H. The largest absolute Gasteiger partial charge is 0.256 e. The molecule has 3 rings (SSSR count). The summed E-state index contributed by atoms with van der Waals surface area (Å²) in [7, 11) is 0. The quantitative estimate of drug-likeness (QED) is 0.501. The monoisotopic (exact) mass is 309 g/mol. The van der Waals surface area contributed by atoms with Crippen LogP contribution in [0.25, 0.3) is 0 Å². The number of para-hydroxylation sites is 1. The molecule has 3 nitrogen and oxygen atoms in total. The second kappa shape index (κ2) is 6.79. The zero-order valence-electron chi connectivity index (χ0n) is 12.1. The molecule has 0 amide bonds. The SMILES string of the molecule is Fc1ccc(N=Cc2cccnc2N(F)c2ccccc2)cc1. The maximum atomic E-state index is 14.6. The smallest absolute Gasteiger partial charge is 0.172 e. The highest BCUT2D eigenvalue weighted by Crippen LogP contribution is 2.26. The van der Waals surface area contributed by atoms with E-state index in [1.54, 1.807) is 48.5 Å². The van der Waals surface area contributed by atoms with Crippen LogP contribution in [-0.4, -0.2) is 11.2 Å². The van der Waals surface area contributed by atoms with Crippen LogP contribution in [0.3, 0.4) is 0 Å². The highest BCUT2D eigenvalue weighted by atomic mass is 19.2. The van der Waals surface area contributed by atoms with Crippen molar-refractivity contribution in [3.8, 4) is 0 Å². The Kier molecular flexibility index (Phi) is 4.38. The number of aliphatic imine (C=N–C) groups is 1. The molecule has 0 aliphatic heterocycles. The van der Waals surface area contributed by atoms with E-state index in [-0.39, 0.29) is 11.6 Å². The van der Waals surface area contributed by atoms with E-state index >= 15 is 0 Å². The summed E-state index contributed by atoms with van der Waals surface area (Å²) in [5.74, 6) is -0.186. The van der Waals surface area contributed by atoms with Gasteiger partial charge < -0.3 is 0 Å². The molecule has 0 aliphatic carbocycles. The summed E-state index contributed by atoms with van der Waals surface area (Å²) in [5.41, 5.74) is 1.47. The molecule has 0 fully saturated rings. The second-order valence-corrected chi connectivity index (χ2v) is 4.77. The first-order valence-corrected chi connectivity index (χ1v) is 6.99. The number of hydrogen-bond acceptors (Lipinski definition) is 3. The van der Waals surface area contributed by atoms with E-state index in [9.17, 15) is 8.87 Å². The molecule has 0 radical (unpaired) electrons. The lowest BCUT2D eigenvalue weighted by Gasteiger charge is -2.14. The van der Waals surface area contributed by atoms with E-state index < -0.39 is 0 Å². The fourth-order valence-electron chi connectivity index (χ4n) is 2.03. The molecular weight excluding hydrogens is 296 g/mol. The first kappa shape index (κ1) is 14.8. The topological polar surface area (TPSA) is 28.5 Å². The van der Waals surface area contributed by atoms with Gasteiger partial charge in [0.25, 0.3) is 0 Å². The van der Waals surface area contributed by atoms with Crippen LogP contribution in [0.1, 0.15) is 5.56 Å². The van der Waals surface area contributed by atoms with Gasteiger partial charge in [0.2, 0.25) is 0 Å². The van der Waals surface area contributed by atoms with Gasteiger partial charge in [-0.05, 0) is 48.5 Å². The Morgan fingerprint density at radius 3 is 2.39 bits per heavy atom. The van der Waals surface area contributed by atoms with Gasteiger partial charge in [-0.2, -0.15) is 5.12 Å². The van der Waals surface area contributed by atoms with E-state index in [1.165, 1.54) is 24.5 Å². The maximum Gasteiger partial charge on any atom is 0.172 e. The average Bonchev–Trinajstić information content (AvgIpc) is 2.62. The van der Waals surface area contributed by atoms with E-state index in [0.717, 1.165) is 0 Å². The number of rotatable bonds is 4. The Balaban J connectivity index is 1.90. The summed E-state index contributed by atoms with van der Waals surface area (Å²) in [6.07, 6.45) is 3.02. The van der Waals surface area contributed by atoms with Gasteiger partial charge in [0.05, 0.1) is 11.4 Å². The zero-order valence-corrected chi connectivity index (χ0v) is 12.1. The Bertz CT molecular complexity index is 802. The molecule has 5 heteroatoms. The molecule has 2 aromatic carbocycles. The highest BCUT2D eigenvalue weighted by Gasteiger charge is 2.12. The van der Waals surface area contributed by atoms with Crippen LogP contribution < -0.4 is 5.12 Å². The molecule has 23 heavy (non-hydrogen) atoms. The maximum absolute atomic E-state index is 14.6. The van der Waals surface area contributed by atoms with Crippen LogP contribution in [0.5, 0.6) is 0 Å². The van der Waals surface area contributed by atoms with Crippen molar-refractivity contribution >= 4 is 23.4 Å². The number of nitrogens with zero attached hydrogens (tertiary/aromatic N) is 3. The highest BCUT2D eigenvalue weighted by molar-refractivity contribution is 5.89. The van der Waals surface area contributed by atoms with Gasteiger partial charge in [-0.1, -0.05) is 22.7 Å². The molecule has 0 unspecified atom stereocenters. The summed E-state index contributed by atoms with van der Waals surface area (Å²) < 4.78 is 27.5. The molecule has 0 atom stereocenters. The lowest BCUT2D eigenvalue weighted by Crippen LogP contribution is -2.08. The third-order valence-electron chi connectivity index (χ3n) is 3.17. The van der Waals surface area contributed by atoms with Crippen LogP contribution in [0.4, 0.5) is 26.1 Å². The van der Waals surface area contributed by atoms with Gasteiger partial charge in [-0.25, -0.2) is 9.37 Å². The molecule has 1 heterocycles. The summed E-state index contributed by atoms with van der Waals surface area (Å²) in [4.78, 5) is 8.31. The van der Waals surface area contributed by atoms with Gasteiger partial charge >= 0.3 is 0 Å². The molecule has 1 aromatic heterocycles. The average molecular weight is 309 g/mol. The molecule has 3 aromatic rings. The number of halogens is 2. The fourth-order valence-corrected chi connectivity index (χ4v) is 2.03. The number of hydrogen-bond donors (Lipinski definition) is 0. The van der Waals surface area contributed by atoms with Crippen LogP contribution in [-0.2, 0) is 0 Å². The van der Waals surface area contributed by atoms with Crippen LogP contribution in [0.15, 0.2) is 77.9 Å². The molecule has 0 N–H and O–H groups in total. The van der Waals surface area contributed by atoms with Gasteiger partial charge in [0.1, 0.15) is 5.82 Å². The van der Waals surface area contributed by atoms with Gasteiger partial charge in [-0.3, -0.25) is 4.99 Å². The Morgan fingerprint density at radius 2 is 1.65 bits per heavy atom. The van der Waals surface area contributed by atoms with E-state index in [0.29, 0.717) is 22.1 Å². The summed E-state index contributed by atoms with van der Waals surface area (Å²) in [6.45, 7) is 0. The summed E-state index contributed by atoms with van der Waals surface area (Å²) in [5, 5.41) is 0.506. The van der Waals surface area contributed by atoms with Gasteiger partial charge in [0, 0.05) is 18.0 Å². The van der Waals surface area contributed by atoms with Crippen molar-refractivity contribution in [3.05, 3.63) is 84.3 Å². The predicted octanol–water partition coefficient (Wildman–Crippen LogP) is 4.99. The van der Waals surface area contributed by atoms with Crippen LogP contribution in [0, 0.1) is 5.82 Å². The number of pyridine rings is 1. The lowest BCUT2D eigenvalue weighted by molar-refractivity contribution is 0.499. The van der Waals surface area contributed by atoms with Crippen molar-refractivity contribution in [2.75, 3.05) is 5.12 Å². The summed E-state index contributed by atoms with van der Waals surface area (Å²) in [6, 6.07) is 17.8. The van der Waals surface area contributed by atoms with Crippen LogP contribution in [0.2, 0.25) is 0 Å². The Labute approximate surface area is 132 Å². The molecule has 0 spiro atoms. The van der Waals surface area contributed by atoms with Crippen molar-refractivity contribution in [2.24, 2.45) is 4.99 Å². The van der Waals surface area contributed by atoms with Gasteiger partial charge in [0.15, 0.2) is 5.82 Å². The minimum absolute atomic E-state index is 0.143. The molecule has 0 bridgehead atoms. The minimum Gasteiger partial charge on any atom is -0.256 e. The molecular formula is C18H13F2N3. The van der Waals surface area contributed by atoms with Crippen molar-refractivity contribution in [1.82, 2.24) is 4.98 Å². The number of benzene rings is 2. The molecule has 0 saturated carbocycles. The van der Waals surface area contributed by atoms with E-state index in [4.69, 9.17) is 0 Å². The van der Waals surface area contributed by atoms with Crippen molar-refractivity contribution in [3.63, 3.8) is 0 Å². The number of aromatic nitrogens is 1. The van der Waals surface area contributed by atoms with Crippen molar-refractivity contribution in [1.29, 1.82) is 0 Å². The Hall–Kier alpha value is -3.08. The zero-order chi connectivity index (χ0) is 16.1. The number of anilines is 2. The lowest BCUT2D eigenvalue weighted by atomic mass is 10.2. The first-order chi connectivity index (χ1) is 11.2. The normalized spacial score (nSPS) is 10.9. The fraction of sp³-hybridized carbons (Fsp3) is 0. The van der Waals surface area contributed by atoms with Crippen molar-refractivity contribution < 1.29 is 8.87 Å². The van der Waals surface area contributed by atoms with Gasteiger partial charge in [-0.15, -0.1) is 0 Å². The summed E-state index contributed by atoms with van der Waals surface area (Å²) >= 11 is 0. The molecule has 114 valence electrons. The third-order valence-corrected chi connectivity index (χ3v) is 3.17. The molecule has 0 aliphatic rings. The first-order valence-electron chi connectivity index (χ1n) is 6.99. The molecule has 0 saturated heterocycles. The Morgan fingerprint density at radius 1 is 0.913 bits per heavy atom. The van der Waals surface area contributed by atoms with Crippen molar-refractivity contribution in [2.45, 2.75) is 0 Å². The predicted molar refractivity (Wildman–Crippen MR) is 87.6 cm³/mol. The second-order valence-electron chi connectivity index (χ2n) is 4.77.